The highest BCUT2D eigenvalue weighted by Gasteiger charge is 2.07. The molecule has 0 spiro atoms. The third-order valence-electron chi connectivity index (χ3n) is 2.63. The van der Waals surface area contributed by atoms with Gasteiger partial charge in [-0.05, 0) is 26.2 Å². The Hall–Kier alpha value is 0.310. The Labute approximate surface area is 129 Å². The van der Waals surface area contributed by atoms with Crippen LogP contribution in [0.15, 0.2) is 0 Å². The molecule has 0 bridgehead atoms. The summed E-state index contributed by atoms with van der Waals surface area (Å²) in [5.41, 5.74) is 0. The van der Waals surface area contributed by atoms with Crippen LogP contribution in [0.4, 0.5) is 0 Å². The maximum absolute atomic E-state index is 8.91. The number of unbranched alkanes of at least 4 members (excludes halogenated alkanes) is 1. The molecule has 1 fully saturated rings. The molecule has 1 rings (SSSR count). The summed E-state index contributed by atoms with van der Waals surface area (Å²) in [4.78, 5) is 0. The zero-order valence-corrected chi connectivity index (χ0v) is 15.4. The van der Waals surface area contributed by atoms with Crippen LogP contribution in [0, 0.1) is 0 Å². The topological polar surface area (TPSA) is 49.7 Å². The van der Waals surface area contributed by atoms with Gasteiger partial charge < -0.3 is 14.9 Å². The van der Waals surface area contributed by atoms with Gasteiger partial charge in [-0.1, -0.05) is 52.9 Å². The van der Waals surface area contributed by atoms with Gasteiger partial charge in [0.15, 0.2) is 0 Å². The van der Waals surface area contributed by atoms with Gasteiger partial charge in [0.05, 0.1) is 12.5 Å². The van der Waals surface area contributed by atoms with Crippen molar-refractivity contribution in [2.45, 2.75) is 85.2 Å². The zero-order valence-electron chi connectivity index (χ0n) is 14.2. The normalized spacial score (nSPS) is 13.9. The van der Waals surface area contributed by atoms with Crippen molar-refractivity contribution in [3.8, 4) is 0 Å². The second-order valence-corrected chi connectivity index (χ2v) is 5.04. The van der Waals surface area contributed by atoms with Crippen LogP contribution in [-0.2, 0) is 4.74 Å². The van der Waals surface area contributed by atoms with Gasteiger partial charge in [0.25, 0.3) is 0 Å². The smallest absolute Gasteiger partial charge is 0.0567 e. The van der Waals surface area contributed by atoms with Crippen molar-refractivity contribution in [3.63, 3.8) is 0 Å². The number of aliphatic hydroxyl groups excluding tert-OH is 2. The predicted octanol–water partition coefficient (Wildman–Crippen LogP) is 4.36. The fourth-order valence-electron chi connectivity index (χ4n) is 1.37. The summed E-state index contributed by atoms with van der Waals surface area (Å²) in [6, 6.07) is 0. The molecule has 1 unspecified atom stereocenters. The van der Waals surface area contributed by atoms with E-state index in [0.29, 0.717) is 0 Å². The largest absolute Gasteiger partial charge is 0.393 e. The molecule has 0 aliphatic heterocycles. The first kappa shape index (κ1) is 25.3. The molecule has 0 aromatic carbocycles. The first-order valence-corrected chi connectivity index (χ1v) is 9.02. The minimum absolute atomic E-state index is 0.0359. The zero-order chi connectivity index (χ0) is 16.1. The molecule has 3 nitrogen and oxygen atoms in total. The molecule has 1 saturated carbocycles. The number of hydrogen-bond donors (Lipinski definition) is 2. The molecular formula is C16H39O3P. The van der Waals surface area contributed by atoms with Gasteiger partial charge >= 0.3 is 0 Å². The number of aliphatic hydroxyl groups is 2. The summed E-state index contributed by atoms with van der Waals surface area (Å²) in [7, 11) is 2.13. The van der Waals surface area contributed by atoms with Gasteiger partial charge in [-0.15, -0.1) is 9.24 Å². The summed E-state index contributed by atoms with van der Waals surface area (Å²) in [6.07, 6.45) is 9.86. The number of hydrogen-bond acceptors (Lipinski definition) is 3. The molecule has 0 aromatic rings. The highest BCUT2D eigenvalue weighted by atomic mass is 31.0. The van der Waals surface area contributed by atoms with E-state index in [1.807, 2.05) is 6.92 Å². The van der Waals surface area contributed by atoms with Crippen molar-refractivity contribution < 1.29 is 14.9 Å². The maximum Gasteiger partial charge on any atom is 0.0567 e. The van der Waals surface area contributed by atoms with Crippen LogP contribution in [0.3, 0.4) is 0 Å². The number of ether oxygens (including phenoxy) is 1. The van der Waals surface area contributed by atoms with Crippen molar-refractivity contribution >= 4 is 9.24 Å². The highest BCUT2D eigenvalue weighted by molar-refractivity contribution is 7.16. The average molecular weight is 310 g/mol. The van der Waals surface area contributed by atoms with Crippen molar-refractivity contribution in [1.82, 2.24) is 0 Å². The number of rotatable bonds is 4. The van der Waals surface area contributed by atoms with Crippen LogP contribution in [0.5, 0.6) is 0 Å². The Morgan fingerprint density at radius 1 is 0.950 bits per heavy atom. The minimum Gasteiger partial charge on any atom is -0.393 e. The van der Waals surface area contributed by atoms with E-state index >= 15 is 0 Å². The molecule has 0 saturated heterocycles. The lowest BCUT2D eigenvalue weighted by atomic mass is 9.98. The average Bonchev–Trinajstić information content (AvgIpc) is 2.47. The summed E-state index contributed by atoms with van der Waals surface area (Å²) >= 11 is 0. The molecule has 126 valence electrons. The van der Waals surface area contributed by atoms with Gasteiger partial charge in [0.1, 0.15) is 0 Å². The lowest BCUT2D eigenvalue weighted by Gasteiger charge is -2.14. The molecule has 0 radical (unpaired) electrons. The molecule has 1 aliphatic carbocycles. The highest BCUT2D eigenvalue weighted by Crippen LogP contribution is 2.16. The lowest BCUT2D eigenvalue weighted by Crippen LogP contribution is -2.09. The first-order chi connectivity index (χ1) is 9.64. The van der Waals surface area contributed by atoms with E-state index in [1.54, 1.807) is 0 Å². The summed E-state index contributed by atoms with van der Waals surface area (Å²) in [5, 5.41) is 16.4. The second-order valence-electron chi connectivity index (χ2n) is 4.67. The van der Waals surface area contributed by atoms with Crippen LogP contribution in [-0.4, -0.2) is 35.9 Å². The standard InChI is InChI=1S/C6H12O.C5H12O.C4H10.CH5OP/c7-6-4-2-1-3-5-6;1-3-5-6-4-2;1-3-4-2;2-1-3/h6-7H,1-5H2;3-5H2,1-2H3;3-4H2,1-2H3;2H,1,3H2. The van der Waals surface area contributed by atoms with Crippen molar-refractivity contribution in [3.05, 3.63) is 0 Å². The second kappa shape index (κ2) is 27.6. The fraction of sp³-hybridized carbons (Fsp3) is 1.00. The van der Waals surface area contributed by atoms with Crippen molar-refractivity contribution in [2.75, 3.05) is 19.6 Å². The summed E-state index contributed by atoms with van der Waals surface area (Å²) in [5.74, 6) is 0. The Morgan fingerprint density at radius 2 is 1.40 bits per heavy atom. The Kier molecular flexibility index (Phi) is 34.9. The van der Waals surface area contributed by atoms with E-state index in [2.05, 4.69) is 30.0 Å². The monoisotopic (exact) mass is 310 g/mol. The van der Waals surface area contributed by atoms with E-state index in [-0.39, 0.29) is 12.5 Å². The molecule has 0 heterocycles. The minimum atomic E-state index is 0.0359. The van der Waals surface area contributed by atoms with Crippen LogP contribution in [0.2, 0.25) is 0 Å². The van der Waals surface area contributed by atoms with E-state index in [0.717, 1.165) is 32.5 Å². The molecule has 0 amide bonds. The molecule has 2 N–H and O–H groups in total. The molecule has 4 heteroatoms. The molecular weight excluding hydrogens is 271 g/mol. The van der Waals surface area contributed by atoms with E-state index < -0.39 is 0 Å². The molecule has 0 aromatic heterocycles. The van der Waals surface area contributed by atoms with Gasteiger partial charge in [-0.25, -0.2) is 0 Å². The van der Waals surface area contributed by atoms with Crippen LogP contribution >= 0.6 is 9.24 Å². The quantitative estimate of drug-likeness (QED) is 0.599. The van der Waals surface area contributed by atoms with Gasteiger partial charge in [-0.2, -0.15) is 0 Å². The summed E-state index contributed by atoms with van der Waals surface area (Å²) < 4.78 is 4.98. The molecule has 1 atom stereocenters. The van der Waals surface area contributed by atoms with Crippen LogP contribution in [0.25, 0.3) is 0 Å². The third-order valence-corrected chi connectivity index (χ3v) is 2.63. The van der Waals surface area contributed by atoms with Gasteiger partial charge in [0.2, 0.25) is 0 Å². The summed E-state index contributed by atoms with van der Waals surface area (Å²) in [6.45, 7) is 10.2. The van der Waals surface area contributed by atoms with E-state index in [4.69, 9.17) is 14.9 Å². The van der Waals surface area contributed by atoms with E-state index in [9.17, 15) is 0 Å². The Bertz CT molecular complexity index is 123. The molecule has 1 aliphatic rings. The van der Waals surface area contributed by atoms with Gasteiger partial charge in [0, 0.05) is 13.2 Å². The lowest BCUT2D eigenvalue weighted by molar-refractivity contribution is 0.130. The van der Waals surface area contributed by atoms with Crippen LogP contribution in [0.1, 0.15) is 79.1 Å². The predicted molar refractivity (Wildman–Crippen MR) is 93.3 cm³/mol. The van der Waals surface area contributed by atoms with Crippen LogP contribution < -0.4 is 0 Å². The van der Waals surface area contributed by atoms with Crippen molar-refractivity contribution in [2.24, 2.45) is 0 Å². The molecule has 20 heavy (non-hydrogen) atoms. The van der Waals surface area contributed by atoms with E-state index in [1.165, 1.54) is 32.1 Å². The maximum atomic E-state index is 8.91. The van der Waals surface area contributed by atoms with Crippen molar-refractivity contribution in [1.29, 1.82) is 0 Å². The Balaban J connectivity index is -0.000000204. The first-order valence-electron chi connectivity index (χ1n) is 8.20. The third kappa shape index (κ3) is 36.2. The Morgan fingerprint density at radius 3 is 1.55 bits per heavy atom. The fourth-order valence-corrected chi connectivity index (χ4v) is 1.37. The van der Waals surface area contributed by atoms with Gasteiger partial charge in [-0.3, -0.25) is 0 Å². The SMILES string of the molecule is CCCC.CCCOCC.OC1CCCCC1.OCP.